The number of amides is 1. The Labute approximate surface area is 248 Å². The van der Waals surface area contributed by atoms with Crippen molar-refractivity contribution >= 4 is 35.0 Å². The predicted octanol–water partition coefficient (Wildman–Crippen LogP) is 4.37. The Bertz CT molecular complexity index is 1420. The summed E-state index contributed by atoms with van der Waals surface area (Å²) in [4.78, 5) is 49.3. The first kappa shape index (κ1) is 32.5. The lowest BCUT2D eigenvalue weighted by molar-refractivity contribution is -0.134. The molecule has 3 aromatic carbocycles. The summed E-state index contributed by atoms with van der Waals surface area (Å²) in [6, 6.07) is 20.1. The maximum Gasteiger partial charge on any atom is 0.328 e. The third kappa shape index (κ3) is 10.1. The van der Waals surface area contributed by atoms with Crippen LogP contribution >= 0.6 is 0 Å². The highest BCUT2D eigenvalue weighted by Gasteiger charge is 2.27. The fourth-order valence-electron chi connectivity index (χ4n) is 4.56. The number of carboxylic acids is 2. The zero-order valence-corrected chi connectivity index (χ0v) is 23.7. The number of piperidine rings is 1. The van der Waals surface area contributed by atoms with Crippen LogP contribution in [0.15, 0.2) is 84.9 Å². The van der Waals surface area contributed by atoms with Crippen molar-refractivity contribution in [3.05, 3.63) is 102 Å². The van der Waals surface area contributed by atoms with Gasteiger partial charge in [0.1, 0.15) is 11.6 Å². The van der Waals surface area contributed by atoms with E-state index in [4.69, 9.17) is 20.7 Å². The quantitative estimate of drug-likeness (QED) is 0.177. The Kier molecular flexibility index (Phi) is 12.0. The van der Waals surface area contributed by atoms with Crippen LogP contribution in [0.5, 0.6) is 5.75 Å². The summed E-state index contributed by atoms with van der Waals surface area (Å²) >= 11 is 0. The molecule has 1 heterocycles. The van der Waals surface area contributed by atoms with Crippen molar-refractivity contribution in [2.75, 3.05) is 43.9 Å². The van der Waals surface area contributed by atoms with E-state index in [1.165, 1.54) is 12.1 Å². The van der Waals surface area contributed by atoms with Crippen LogP contribution in [-0.4, -0.2) is 72.0 Å². The number of carbonyl (C=O) groups excluding carboxylic acids is 2. The molecule has 0 saturated carbocycles. The average Bonchev–Trinajstić information content (AvgIpc) is 3.01. The highest BCUT2D eigenvalue weighted by Crippen LogP contribution is 2.25. The lowest BCUT2D eigenvalue weighted by Crippen LogP contribution is -2.42. The van der Waals surface area contributed by atoms with E-state index in [0.29, 0.717) is 47.8 Å². The molecule has 1 fully saturated rings. The number of anilines is 2. The number of methoxy groups -OCH3 is 1. The van der Waals surface area contributed by atoms with Gasteiger partial charge in [-0.25, -0.2) is 14.0 Å². The van der Waals surface area contributed by atoms with Crippen molar-refractivity contribution in [3.8, 4) is 5.75 Å². The van der Waals surface area contributed by atoms with Gasteiger partial charge in [-0.1, -0.05) is 6.07 Å². The van der Waals surface area contributed by atoms with Gasteiger partial charge in [0.2, 0.25) is 0 Å². The van der Waals surface area contributed by atoms with E-state index in [-0.39, 0.29) is 23.4 Å². The maximum atomic E-state index is 13.4. The SMILES string of the molecule is COc1cccc(N(CCN2CCC(C(=O)c3ccc(F)cc3)CC2)C(=O)c2ccc(N)cc2)c1.O=C(O)/C=C/C(=O)O. The summed E-state index contributed by atoms with van der Waals surface area (Å²) in [5.41, 5.74) is 8.28. The summed E-state index contributed by atoms with van der Waals surface area (Å²) < 4.78 is 18.5. The molecule has 1 aliphatic rings. The van der Waals surface area contributed by atoms with Gasteiger partial charge in [0, 0.05) is 59.7 Å². The third-order valence-electron chi connectivity index (χ3n) is 6.86. The number of aliphatic carboxylic acids is 2. The first-order valence-electron chi connectivity index (χ1n) is 13.5. The number of ether oxygens (including phenoxy) is 1. The summed E-state index contributed by atoms with van der Waals surface area (Å²) in [5, 5.41) is 15.6. The Hall–Kier alpha value is -5.03. The number of nitrogens with zero attached hydrogens (tertiary/aromatic N) is 2. The maximum absolute atomic E-state index is 13.4. The van der Waals surface area contributed by atoms with Crippen molar-refractivity contribution in [1.82, 2.24) is 4.90 Å². The summed E-state index contributed by atoms with van der Waals surface area (Å²) in [6.45, 7) is 2.70. The minimum absolute atomic E-state index is 0.0670. The molecule has 43 heavy (non-hydrogen) atoms. The molecule has 11 heteroatoms. The van der Waals surface area contributed by atoms with E-state index in [0.717, 1.165) is 31.6 Å². The van der Waals surface area contributed by atoms with Crippen LogP contribution in [0, 0.1) is 11.7 Å². The molecule has 1 amide bonds. The van der Waals surface area contributed by atoms with Crippen molar-refractivity contribution in [2.24, 2.45) is 5.92 Å². The molecule has 0 atom stereocenters. The second-order valence-electron chi connectivity index (χ2n) is 9.78. The Morgan fingerprint density at radius 2 is 1.51 bits per heavy atom. The number of nitrogen functional groups attached to an aromatic ring is 1. The number of halogens is 1. The fourth-order valence-corrected chi connectivity index (χ4v) is 4.56. The first-order chi connectivity index (χ1) is 20.6. The number of ketones is 1. The predicted molar refractivity (Wildman–Crippen MR) is 160 cm³/mol. The smallest absolute Gasteiger partial charge is 0.328 e. The highest BCUT2D eigenvalue weighted by molar-refractivity contribution is 6.06. The van der Waals surface area contributed by atoms with Gasteiger partial charge < -0.3 is 30.5 Å². The van der Waals surface area contributed by atoms with Crippen LogP contribution in [-0.2, 0) is 9.59 Å². The minimum atomic E-state index is -1.26. The van der Waals surface area contributed by atoms with Gasteiger partial charge in [0.15, 0.2) is 5.78 Å². The molecule has 4 rings (SSSR count). The number of likely N-dealkylation sites (tertiary alicyclic amines) is 1. The van der Waals surface area contributed by atoms with Crippen LogP contribution in [0.25, 0.3) is 0 Å². The number of carboxylic acid groups (broad SMARTS) is 2. The van der Waals surface area contributed by atoms with E-state index in [2.05, 4.69) is 4.90 Å². The summed E-state index contributed by atoms with van der Waals surface area (Å²) in [6.07, 6.45) is 2.59. The molecule has 1 saturated heterocycles. The van der Waals surface area contributed by atoms with Gasteiger partial charge in [-0.3, -0.25) is 9.59 Å². The number of rotatable bonds is 10. The second kappa shape index (κ2) is 15.8. The topological polar surface area (TPSA) is 150 Å². The number of Topliss-reactive ketones (excluding diaryl/α,β-unsaturated/α-hetero) is 1. The van der Waals surface area contributed by atoms with Crippen LogP contribution in [0.1, 0.15) is 33.6 Å². The highest BCUT2D eigenvalue weighted by atomic mass is 19.1. The van der Waals surface area contributed by atoms with Crippen molar-refractivity contribution in [1.29, 1.82) is 0 Å². The fraction of sp³-hybridized carbons (Fsp3) is 0.250. The lowest BCUT2D eigenvalue weighted by Gasteiger charge is -2.33. The van der Waals surface area contributed by atoms with Crippen molar-refractivity contribution in [2.45, 2.75) is 12.8 Å². The van der Waals surface area contributed by atoms with Gasteiger partial charge in [0.05, 0.1) is 7.11 Å². The molecule has 10 nitrogen and oxygen atoms in total. The number of benzene rings is 3. The molecule has 0 bridgehead atoms. The number of hydrogen-bond donors (Lipinski definition) is 3. The van der Waals surface area contributed by atoms with Crippen LogP contribution < -0.4 is 15.4 Å². The Morgan fingerprint density at radius 3 is 2.07 bits per heavy atom. The van der Waals surface area contributed by atoms with Gasteiger partial charge in [-0.05, 0) is 86.6 Å². The normalized spacial score (nSPS) is 13.5. The molecule has 226 valence electrons. The number of hydrogen-bond acceptors (Lipinski definition) is 7. The van der Waals surface area contributed by atoms with Gasteiger partial charge in [-0.15, -0.1) is 0 Å². The van der Waals surface area contributed by atoms with Gasteiger partial charge >= 0.3 is 11.9 Å². The van der Waals surface area contributed by atoms with E-state index in [1.807, 2.05) is 24.3 Å². The molecular formula is C32H34FN3O7. The summed E-state index contributed by atoms with van der Waals surface area (Å²) in [7, 11) is 1.60. The number of carbonyl (C=O) groups is 4. The molecule has 4 N–H and O–H groups in total. The Morgan fingerprint density at radius 1 is 0.930 bits per heavy atom. The minimum Gasteiger partial charge on any atom is -0.497 e. The lowest BCUT2D eigenvalue weighted by atomic mass is 9.89. The molecule has 3 aromatic rings. The first-order valence-corrected chi connectivity index (χ1v) is 13.5. The van der Waals surface area contributed by atoms with E-state index in [1.54, 1.807) is 48.4 Å². The second-order valence-corrected chi connectivity index (χ2v) is 9.78. The van der Waals surface area contributed by atoms with E-state index in [9.17, 15) is 23.6 Å². The molecule has 0 aromatic heterocycles. The zero-order valence-electron chi connectivity index (χ0n) is 23.7. The van der Waals surface area contributed by atoms with Crippen LogP contribution in [0.3, 0.4) is 0 Å². The molecule has 0 unspecified atom stereocenters. The van der Waals surface area contributed by atoms with Crippen molar-refractivity contribution in [3.63, 3.8) is 0 Å². The van der Waals surface area contributed by atoms with E-state index >= 15 is 0 Å². The monoisotopic (exact) mass is 591 g/mol. The van der Waals surface area contributed by atoms with E-state index < -0.39 is 11.9 Å². The van der Waals surface area contributed by atoms with Crippen LogP contribution in [0.4, 0.5) is 15.8 Å². The zero-order chi connectivity index (χ0) is 31.4. The molecule has 0 spiro atoms. The molecular weight excluding hydrogens is 557 g/mol. The average molecular weight is 592 g/mol. The van der Waals surface area contributed by atoms with Gasteiger partial charge in [-0.2, -0.15) is 0 Å². The third-order valence-corrected chi connectivity index (χ3v) is 6.86. The van der Waals surface area contributed by atoms with Crippen molar-refractivity contribution < 1.29 is 38.5 Å². The largest absolute Gasteiger partial charge is 0.497 e. The standard InChI is InChI=1S/C28H30FN3O3.C4H4O4/c1-35-26-4-2-3-25(19-26)32(28(34)22-7-11-24(30)12-8-22)18-17-31-15-13-21(14-16-31)27(33)20-5-9-23(29)10-6-20;5-3(6)1-2-4(7)8/h2-12,19,21H,13-18,30H2,1H3;1-2H,(H,5,6)(H,7,8)/b;2-1+. The summed E-state index contributed by atoms with van der Waals surface area (Å²) in [5.74, 6) is -2.29. The molecule has 0 aliphatic carbocycles. The van der Waals surface area contributed by atoms with Gasteiger partial charge in [0.25, 0.3) is 5.91 Å². The molecule has 1 aliphatic heterocycles. The van der Waals surface area contributed by atoms with Crippen LogP contribution in [0.2, 0.25) is 0 Å². The number of nitrogens with two attached hydrogens (primary N) is 1. The molecule has 0 radical (unpaired) electrons. The Balaban J connectivity index is 0.000000557.